The van der Waals surface area contributed by atoms with Crippen LogP contribution < -0.4 is 5.32 Å². The summed E-state index contributed by atoms with van der Waals surface area (Å²) in [7, 11) is 0. The Kier molecular flexibility index (Phi) is 4.29. The molecule has 0 aliphatic heterocycles. The molecule has 2 heterocycles. The summed E-state index contributed by atoms with van der Waals surface area (Å²) in [5, 5.41) is 7.29. The second-order valence-electron chi connectivity index (χ2n) is 6.03. The zero-order valence-electron chi connectivity index (χ0n) is 14.4. The summed E-state index contributed by atoms with van der Waals surface area (Å²) in [5.74, 6) is 0.299. The van der Waals surface area contributed by atoms with Crippen LogP contribution in [0.4, 0.5) is 0 Å². The Bertz CT molecular complexity index is 882. The molecular formula is C18H21N5O. The Morgan fingerprint density at radius 2 is 1.88 bits per heavy atom. The molecule has 1 N–H and O–H groups in total. The van der Waals surface area contributed by atoms with Gasteiger partial charge in [0.1, 0.15) is 0 Å². The van der Waals surface area contributed by atoms with Crippen LogP contribution in [0.25, 0.3) is 5.78 Å². The quantitative estimate of drug-likeness (QED) is 0.801. The molecule has 124 valence electrons. The maximum Gasteiger partial charge on any atom is 0.291 e. The van der Waals surface area contributed by atoms with E-state index in [4.69, 9.17) is 0 Å². The molecule has 3 aromatic rings. The highest BCUT2D eigenvalue weighted by Gasteiger charge is 2.19. The molecule has 1 atom stereocenters. The van der Waals surface area contributed by atoms with Crippen molar-refractivity contribution in [2.45, 2.75) is 40.2 Å². The number of hydrogen-bond acceptors (Lipinski definition) is 4. The standard InChI is InChI=1S/C18H21N5O/c1-5-15(14-8-6-11(2)7-9-14)20-17(24)16-21-18-19-12(3)10-13(4)23(18)22-16/h6-10,15H,5H2,1-4H3,(H,20,24). The largest absolute Gasteiger partial charge is 0.342 e. The molecule has 6 heteroatoms. The zero-order valence-corrected chi connectivity index (χ0v) is 14.4. The van der Waals surface area contributed by atoms with Crippen LogP contribution in [0.2, 0.25) is 0 Å². The van der Waals surface area contributed by atoms with Crippen molar-refractivity contribution in [2.24, 2.45) is 0 Å². The van der Waals surface area contributed by atoms with E-state index >= 15 is 0 Å². The van der Waals surface area contributed by atoms with Crippen molar-refractivity contribution in [3.05, 3.63) is 58.7 Å². The Balaban J connectivity index is 1.85. The lowest BCUT2D eigenvalue weighted by atomic mass is 10.0. The number of fused-ring (bicyclic) bond motifs is 1. The van der Waals surface area contributed by atoms with E-state index in [0.29, 0.717) is 5.78 Å². The molecule has 0 spiro atoms. The Labute approximate surface area is 141 Å². The van der Waals surface area contributed by atoms with E-state index in [0.717, 1.165) is 23.4 Å². The fourth-order valence-corrected chi connectivity index (χ4v) is 2.71. The highest BCUT2D eigenvalue weighted by atomic mass is 16.2. The zero-order chi connectivity index (χ0) is 17.3. The number of carbonyl (C=O) groups is 1. The number of benzene rings is 1. The van der Waals surface area contributed by atoms with Gasteiger partial charge in [0.15, 0.2) is 0 Å². The average Bonchev–Trinajstić information content (AvgIpc) is 2.98. The first-order chi connectivity index (χ1) is 11.5. The van der Waals surface area contributed by atoms with Gasteiger partial charge in [-0.1, -0.05) is 36.8 Å². The third kappa shape index (κ3) is 3.13. The van der Waals surface area contributed by atoms with Gasteiger partial charge in [0, 0.05) is 11.4 Å². The highest BCUT2D eigenvalue weighted by molar-refractivity contribution is 5.91. The van der Waals surface area contributed by atoms with Crippen molar-refractivity contribution in [3.8, 4) is 0 Å². The molecule has 0 aliphatic rings. The number of rotatable bonds is 4. The van der Waals surface area contributed by atoms with Gasteiger partial charge in [0.2, 0.25) is 5.82 Å². The number of nitrogens with zero attached hydrogens (tertiary/aromatic N) is 4. The minimum Gasteiger partial charge on any atom is -0.342 e. The van der Waals surface area contributed by atoms with Gasteiger partial charge in [0.05, 0.1) is 6.04 Å². The van der Waals surface area contributed by atoms with Crippen LogP contribution in [-0.4, -0.2) is 25.5 Å². The van der Waals surface area contributed by atoms with Crippen molar-refractivity contribution < 1.29 is 4.79 Å². The van der Waals surface area contributed by atoms with Crippen LogP contribution in [0.15, 0.2) is 30.3 Å². The third-order valence-electron chi connectivity index (χ3n) is 4.01. The van der Waals surface area contributed by atoms with Gasteiger partial charge in [-0.25, -0.2) is 9.50 Å². The third-order valence-corrected chi connectivity index (χ3v) is 4.01. The predicted octanol–water partition coefficient (Wildman–Crippen LogP) is 2.93. The average molecular weight is 323 g/mol. The molecule has 3 rings (SSSR count). The first kappa shape index (κ1) is 16.1. The topological polar surface area (TPSA) is 72.2 Å². The molecule has 0 radical (unpaired) electrons. The minimum absolute atomic E-state index is 0.0690. The van der Waals surface area contributed by atoms with Crippen LogP contribution in [0.1, 0.15) is 52.5 Å². The van der Waals surface area contributed by atoms with Crippen molar-refractivity contribution in [2.75, 3.05) is 0 Å². The Hall–Kier alpha value is -2.76. The number of amides is 1. The summed E-state index contributed by atoms with van der Waals surface area (Å²) in [6.45, 7) is 7.89. The summed E-state index contributed by atoms with van der Waals surface area (Å²) in [6, 6.07) is 10.0. The van der Waals surface area contributed by atoms with E-state index < -0.39 is 0 Å². The van der Waals surface area contributed by atoms with Crippen molar-refractivity contribution in [3.63, 3.8) is 0 Å². The lowest BCUT2D eigenvalue weighted by molar-refractivity contribution is 0.0925. The minimum atomic E-state index is -0.287. The second kappa shape index (κ2) is 6.39. The summed E-state index contributed by atoms with van der Waals surface area (Å²) >= 11 is 0. The molecule has 6 nitrogen and oxygen atoms in total. The summed E-state index contributed by atoms with van der Waals surface area (Å²) < 4.78 is 1.59. The van der Waals surface area contributed by atoms with E-state index in [1.165, 1.54) is 5.56 Å². The number of aromatic nitrogens is 4. The van der Waals surface area contributed by atoms with Gasteiger partial charge in [-0.3, -0.25) is 4.79 Å². The predicted molar refractivity (Wildman–Crippen MR) is 91.9 cm³/mol. The van der Waals surface area contributed by atoms with E-state index in [-0.39, 0.29) is 17.8 Å². The molecule has 0 aliphatic carbocycles. The summed E-state index contributed by atoms with van der Waals surface area (Å²) in [4.78, 5) is 21.1. The maximum absolute atomic E-state index is 12.5. The van der Waals surface area contributed by atoms with Crippen molar-refractivity contribution >= 4 is 11.7 Å². The van der Waals surface area contributed by atoms with E-state index in [2.05, 4.69) is 20.4 Å². The van der Waals surface area contributed by atoms with E-state index in [1.807, 2.05) is 58.0 Å². The lowest BCUT2D eigenvalue weighted by Crippen LogP contribution is -2.29. The van der Waals surface area contributed by atoms with Gasteiger partial charge in [-0.2, -0.15) is 4.98 Å². The Morgan fingerprint density at radius 3 is 2.54 bits per heavy atom. The van der Waals surface area contributed by atoms with Crippen LogP contribution in [-0.2, 0) is 0 Å². The number of aryl methyl sites for hydroxylation is 3. The molecule has 1 aromatic carbocycles. The molecule has 0 saturated heterocycles. The lowest BCUT2D eigenvalue weighted by Gasteiger charge is -2.16. The van der Waals surface area contributed by atoms with Crippen molar-refractivity contribution in [1.82, 2.24) is 24.9 Å². The molecule has 1 amide bonds. The first-order valence-corrected chi connectivity index (χ1v) is 8.06. The SMILES string of the molecule is CCC(NC(=O)c1nc2nc(C)cc(C)n2n1)c1ccc(C)cc1. The van der Waals surface area contributed by atoms with Crippen LogP contribution in [0, 0.1) is 20.8 Å². The summed E-state index contributed by atoms with van der Waals surface area (Å²) in [6.07, 6.45) is 0.790. The summed E-state index contributed by atoms with van der Waals surface area (Å²) in [5.41, 5.74) is 4.02. The van der Waals surface area contributed by atoms with Gasteiger partial charge < -0.3 is 5.32 Å². The molecule has 0 fully saturated rings. The highest BCUT2D eigenvalue weighted by Crippen LogP contribution is 2.17. The fraction of sp³-hybridized carbons (Fsp3) is 0.333. The molecule has 0 saturated carbocycles. The second-order valence-corrected chi connectivity index (χ2v) is 6.03. The molecule has 1 unspecified atom stereocenters. The normalized spacial score (nSPS) is 12.3. The monoisotopic (exact) mass is 323 g/mol. The number of nitrogens with one attached hydrogen (secondary N) is 1. The van der Waals surface area contributed by atoms with Gasteiger partial charge in [0.25, 0.3) is 11.7 Å². The smallest absolute Gasteiger partial charge is 0.291 e. The van der Waals surface area contributed by atoms with E-state index in [9.17, 15) is 4.79 Å². The molecule has 24 heavy (non-hydrogen) atoms. The number of carbonyl (C=O) groups excluding carboxylic acids is 1. The van der Waals surface area contributed by atoms with Crippen LogP contribution in [0.5, 0.6) is 0 Å². The number of hydrogen-bond donors (Lipinski definition) is 1. The molecular weight excluding hydrogens is 302 g/mol. The van der Waals surface area contributed by atoms with Crippen molar-refractivity contribution in [1.29, 1.82) is 0 Å². The van der Waals surface area contributed by atoms with Gasteiger partial charge in [-0.05, 0) is 38.8 Å². The van der Waals surface area contributed by atoms with Crippen LogP contribution in [0.3, 0.4) is 0 Å². The Morgan fingerprint density at radius 1 is 1.17 bits per heavy atom. The molecule has 0 bridgehead atoms. The van der Waals surface area contributed by atoms with E-state index in [1.54, 1.807) is 4.52 Å². The first-order valence-electron chi connectivity index (χ1n) is 8.06. The fourth-order valence-electron chi connectivity index (χ4n) is 2.71. The van der Waals surface area contributed by atoms with Crippen LogP contribution >= 0.6 is 0 Å². The maximum atomic E-state index is 12.5. The molecule has 2 aromatic heterocycles. The van der Waals surface area contributed by atoms with Gasteiger partial charge >= 0.3 is 0 Å². The van der Waals surface area contributed by atoms with Gasteiger partial charge in [-0.15, -0.1) is 5.10 Å².